The Morgan fingerprint density at radius 2 is 2.05 bits per heavy atom. The Morgan fingerprint density at radius 3 is 2.90 bits per heavy atom. The van der Waals surface area contributed by atoms with Gasteiger partial charge in [-0.2, -0.15) is 0 Å². The van der Waals surface area contributed by atoms with E-state index in [-0.39, 0.29) is 16.9 Å². The molecule has 20 heavy (non-hydrogen) atoms. The van der Waals surface area contributed by atoms with Crippen LogP contribution in [-0.4, -0.2) is 11.0 Å². The van der Waals surface area contributed by atoms with E-state index >= 15 is 0 Å². The van der Waals surface area contributed by atoms with Gasteiger partial charge in [-0.25, -0.2) is 0 Å². The second-order valence-corrected chi connectivity index (χ2v) is 6.16. The van der Waals surface area contributed by atoms with E-state index in [1.807, 2.05) is 43.3 Å². The molecule has 0 bridgehead atoms. The first-order valence-electron chi connectivity index (χ1n) is 6.48. The molecule has 1 atom stereocenters. The average molecular weight is 285 g/mol. The monoisotopic (exact) mass is 285 g/mol. The highest BCUT2D eigenvalue weighted by Crippen LogP contribution is 2.45. The molecule has 0 saturated carbocycles. The van der Waals surface area contributed by atoms with Gasteiger partial charge in [-0.1, -0.05) is 29.8 Å². The zero-order valence-corrected chi connectivity index (χ0v) is 11.9. The molecule has 0 aliphatic carbocycles. The Balaban J connectivity index is 2.02. The summed E-state index contributed by atoms with van der Waals surface area (Å²) < 4.78 is 0. The lowest BCUT2D eigenvalue weighted by atomic mass is 10.0. The standard InChI is InChI=1S/C16H15NO2S/c1-10-6-7-13(18)11(8-10)15-9-16(19)17-12-4-2-3-5-14(12)20-15/h2-8,15,18H,9H2,1H3,(H,17,19). The third-order valence-corrected chi connectivity index (χ3v) is 4.65. The van der Waals surface area contributed by atoms with E-state index in [1.54, 1.807) is 17.8 Å². The Hall–Kier alpha value is -1.94. The van der Waals surface area contributed by atoms with Crippen molar-refractivity contribution in [2.45, 2.75) is 23.5 Å². The van der Waals surface area contributed by atoms with Gasteiger partial charge >= 0.3 is 0 Å². The number of aryl methyl sites for hydroxylation is 1. The van der Waals surface area contributed by atoms with Crippen molar-refractivity contribution in [3.63, 3.8) is 0 Å². The maximum Gasteiger partial charge on any atom is 0.225 e. The fraction of sp³-hybridized carbons (Fsp3) is 0.188. The van der Waals surface area contributed by atoms with Crippen molar-refractivity contribution in [3.8, 4) is 5.75 Å². The van der Waals surface area contributed by atoms with Gasteiger partial charge in [0, 0.05) is 22.1 Å². The number of para-hydroxylation sites is 1. The Morgan fingerprint density at radius 1 is 1.25 bits per heavy atom. The van der Waals surface area contributed by atoms with Crippen LogP contribution in [0.2, 0.25) is 0 Å². The molecule has 0 spiro atoms. The van der Waals surface area contributed by atoms with E-state index in [0.717, 1.165) is 21.7 Å². The maximum atomic E-state index is 12.0. The van der Waals surface area contributed by atoms with Crippen LogP contribution in [0.5, 0.6) is 5.75 Å². The summed E-state index contributed by atoms with van der Waals surface area (Å²) in [6.07, 6.45) is 0.358. The minimum Gasteiger partial charge on any atom is -0.508 e. The van der Waals surface area contributed by atoms with Crippen LogP contribution < -0.4 is 5.32 Å². The van der Waals surface area contributed by atoms with Gasteiger partial charge in [-0.15, -0.1) is 11.8 Å². The lowest BCUT2D eigenvalue weighted by molar-refractivity contribution is -0.116. The molecule has 1 amide bonds. The van der Waals surface area contributed by atoms with Crippen LogP contribution in [0.25, 0.3) is 0 Å². The van der Waals surface area contributed by atoms with Gasteiger partial charge in [-0.3, -0.25) is 4.79 Å². The minimum absolute atomic E-state index is 0.0200. The molecule has 0 fully saturated rings. The normalized spacial score (nSPS) is 18.1. The van der Waals surface area contributed by atoms with Crippen LogP contribution in [0.3, 0.4) is 0 Å². The third-order valence-electron chi connectivity index (χ3n) is 3.33. The van der Waals surface area contributed by atoms with Gasteiger partial charge in [0.05, 0.1) is 5.69 Å². The molecule has 2 N–H and O–H groups in total. The molecule has 0 radical (unpaired) electrons. The van der Waals surface area contributed by atoms with Crippen molar-refractivity contribution in [1.82, 2.24) is 0 Å². The molecule has 1 heterocycles. The van der Waals surface area contributed by atoms with E-state index in [1.165, 1.54) is 0 Å². The van der Waals surface area contributed by atoms with Crippen LogP contribution in [0.4, 0.5) is 5.69 Å². The number of carbonyl (C=O) groups excluding carboxylic acids is 1. The number of hydrogen-bond acceptors (Lipinski definition) is 3. The van der Waals surface area contributed by atoms with Crippen molar-refractivity contribution in [1.29, 1.82) is 0 Å². The third kappa shape index (κ3) is 2.51. The van der Waals surface area contributed by atoms with Gasteiger partial charge in [0.1, 0.15) is 5.75 Å². The second-order valence-electron chi connectivity index (χ2n) is 4.92. The highest BCUT2D eigenvalue weighted by atomic mass is 32.2. The summed E-state index contributed by atoms with van der Waals surface area (Å²) in [5.41, 5.74) is 2.75. The van der Waals surface area contributed by atoms with E-state index < -0.39 is 0 Å². The summed E-state index contributed by atoms with van der Waals surface area (Å²) in [6.45, 7) is 1.98. The number of thioether (sulfide) groups is 1. The summed E-state index contributed by atoms with van der Waals surface area (Å²) in [5, 5.41) is 12.9. The smallest absolute Gasteiger partial charge is 0.225 e. The number of hydrogen-bond donors (Lipinski definition) is 2. The van der Waals surface area contributed by atoms with Crippen molar-refractivity contribution in [3.05, 3.63) is 53.6 Å². The SMILES string of the molecule is Cc1ccc(O)c(C2CC(=O)Nc3ccccc3S2)c1. The Labute approximate surface area is 122 Å². The average Bonchev–Trinajstić information content (AvgIpc) is 2.59. The largest absolute Gasteiger partial charge is 0.508 e. The summed E-state index contributed by atoms with van der Waals surface area (Å²) in [4.78, 5) is 13.1. The second kappa shape index (κ2) is 5.21. The number of nitrogens with one attached hydrogen (secondary N) is 1. The summed E-state index contributed by atoms with van der Waals surface area (Å²) in [6, 6.07) is 13.3. The number of aromatic hydroxyl groups is 1. The number of carbonyl (C=O) groups is 1. The lowest BCUT2D eigenvalue weighted by Gasteiger charge is -2.15. The zero-order chi connectivity index (χ0) is 14.1. The van der Waals surface area contributed by atoms with E-state index in [4.69, 9.17) is 0 Å². The predicted molar refractivity (Wildman–Crippen MR) is 81.1 cm³/mol. The first kappa shape index (κ1) is 13.1. The topological polar surface area (TPSA) is 49.3 Å². The quantitative estimate of drug-likeness (QED) is 0.836. The highest BCUT2D eigenvalue weighted by molar-refractivity contribution is 7.99. The van der Waals surface area contributed by atoms with E-state index in [2.05, 4.69) is 5.32 Å². The van der Waals surface area contributed by atoms with Crippen molar-refractivity contribution in [2.75, 3.05) is 5.32 Å². The molecule has 2 aromatic carbocycles. The minimum atomic E-state index is -0.0708. The number of phenolic OH excluding ortho intramolecular Hbond substituents is 1. The number of anilines is 1. The fourth-order valence-electron chi connectivity index (χ4n) is 2.34. The van der Waals surface area contributed by atoms with Gasteiger partial charge < -0.3 is 10.4 Å². The predicted octanol–water partition coefficient (Wildman–Crippen LogP) is 3.88. The van der Waals surface area contributed by atoms with Crippen molar-refractivity contribution >= 4 is 23.4 Å². The maximum absolute atomic E-state index is 12.0. The first-order chi connectivity index (χ1) is 9.63. The number of phenols is 1. The van der Waals surface area contributed by atoms with E-state index in [9.17, 15) is 9.90 Å². The van der Waals surface area contributed by atoms with Crippen LogP contribution in [0.1, 0.15) is 22.8 Å². The molecule has 102 valence electrons. The van der Waals surface area contributed by atoms with Crippen LogP contribution in [0.15, 0.2) is 47.4 Å². The molecule has 1 aliphatic heterocycles. The van der Waals surface area contributed by atoms with Crippen LogP contribution >= 0.6 is 11.8 Å². The summed E-state index contributed by atoms with van der Waals surface area (Å²) >= 11 is 1.61. The molecule has 3 nitrogen and oxygen atoms in total. The van der Waals surface area contributed by atoms with Crippen LogP contribution in [0, 0.1) is 6.92 Å². The molecule has 0 aromatic heterocycles. The molecule has 2 aromatic rings. The molecular formula is C16H15NO2S. The molecular weight excluding hydrogens is 270 g/mol. The number of amides is 1. The van der Waals surface area contributed by atoms with Crippen LogP contribution in [-0.2, 0) is 4.79 Å². The lowest BCUT2D eigenvalue weighted by Crippen LogP contribution is -2.12. The fourth-order valence-corrected chi connectivity index (χ4v) is 3.60. The van der Waals surface area contributed by atoms with Gasteiger partial charge in [0.2, 0.25) is 5.91 Å². The van der Waals surface area contributed by atoms with Crippen molar-refractivity contribution in [2.24, 2.45) is 0 Å². The van der Waals surface area contributed by atoms with Gasteiger partial charge in [0.25, 0.3) is 0 Å². The number of benzene rings is 2. The molecule has 3 rings (SSSR count). The number of fused-ring (bicyclic) bond motifs is 1. The molecule has 1 aliphatic rings. The first-order valence-corrected chi connectivity index (χ1v) is 7.36. The number of rotatable bonds is 1. The van der Waals surface area contributed by atoms with Gasteiger partial charge in [-0.05, 0) is 25.1 Å². The van der Waals surface area contributed by atoms with Crippen molar-refractivity contribution < 1.29 is 9.90 Å². The Kier molecular flexibility index (Phi) is 3.40. The summed E-state index contributed by atoms with van der Waals surface area (Å²) in [7, 11) is 0. The van der Waals surface area contributed by atoms with Gasteiger partial charge in [0.15, 0.2) is 0 Å². The summed E-state index contributed by atoms with van der Waals surface area (Å²) in [5.74, 6) is 0.230. The molecule has 0 saturated heterocycles. The van der Waals surface area contributed by atoms with E-state index in [0.29, 0.717) is 6.42 Å². The zero-order valence-electron chi connectivity index (χ0n) is 11.1. The Bertz CT molecular complexity index is 669. The molecule has 4 heteroatoms. The molecule has 1 unspecified atom stereocenters. The highest BCUT2D eigenvalue weighted by Gasteiger charge is 2.25.